The molecule has 2 rings (SSSR count). The van der Waals surface area contributed by atoms with Crippen LogP contribution in [0.3, 0.4) is 0 Å². The molecule has 0 aromatic heterocycles. The van der Waals surface area contributed by atoms with Crippen LogP contribution < -0.4 is 5.32 Å². The van der Waals surface area contributed by atoms with Crippen LogP contribution in [-0.2, 0) is 4.79 Å². The van der Waals surface area contributed by atoms with Gasteiger partial charge in [-0.15, -0.1) is 0 Å². The number of carbonyl (C=O) groups excluding carboxylic acids is 1. The zero-order valence-electron chi connectivity index (χ0n) is 8.95. The van der Waals surface area contributed by atoms with Crippen molar-refractivity contribution in [2.75, 3.05) is 5.32 Å². The van der Waals surface area contributed by atoms with Gasteiger partial charge in [0.2, 0.25) is 5.91 Å². The van der Waals surface area contributed by atoms with Gasteiger partial charge in [0, 0.05) is 16.1 Å². The second kappa shape index (κ2) is 5.30. The Morgan fingerprint density at radius 3 is 2.62 bits per heavy atom. The molecular formula is C13H14BrNO. The summed E-state index contributed by atoms with van der Waals surface area (Å²) in [6, 6.07) is 7.66. The number of anilines is 1. The number of rotatable bonds is 2. The zero-order chi connectivity index (χ0) is 11.4. The van der Waals surface area contributed by atoms with E-state index in [9.17, 15) is 4.79 Å². The molecule has 1 aromatic carbocycles. The second-order valence-corrected chi connectivity index (χ2v) is 4.89. The number of carbonyl (C=O) groups is 1. The molecule has 0 saturated carbocycles. The van der Waals surface area contributed by atoms with Crippen LogP contribution in [-0.4, -0.2) is 5.91 Å². The maximum absolute atomic E-state index is 11.9. The van der Waals surface area contributed by atoms with Crippen LogP contribution in [0.15, 0.2) is 40.9 Å². The fourth-order valence-electron chi connectivity index (χ4n) is 1.81. The minimum absolute atomic E-state index is 0.131. The molecule has 16 heavy (non-hydrogen) atoms. The normalized spacial score (nSPS) is 19.4. The average Bonchev–Trinajstić information content (AvgIpc) is 2.33. The Hall–Kier alpha value is -1.09. The molecule has 1 amide bonds. The van der Waals surface area contributed by atoms with Crippen molar-refractivity contribution in [3.63, 3.8) is 0 Å². The number of hydrogen-bond acceptors (Lipinski definition) is 1. The number of amides is 1. The van der Waals surface area contributed by atoms with E-state index in [1.165, 1.54) is 0 Å². The van der Waals surface area contributed by atoms with Gasteiger partial charge in [-0.25, -0.2) is 0 Å². The van der Waals surface area contributed by atoms with E-state index in [4.69, 9.17) is 0 Å². The van der Waals surface area contributed by atoms with Crippen LogP contribution in [0.1, 0.15) is 19.3 Å². The second-order valence-electron chi connectivity index (χ2n) is 3.98. The van der Waals surface area contributed by atoms with Crippen molar-refractivity contribution in [1.29, 1.82) is 0 Å². The van der Waals surface area contributed by atoms with E-state index in [1.807, 2.05) is 24.3 Å². The molecule has 0 bridgehead atoms. The van der Waals surface area contributed by atoms with Gasteiger partial charge in [0.15, 0.2) is 0 Å². The van der Waals surface area contributed by atoms with Crippen LogP contribution in [0, 0.1) is 5.92 Å². The summed E-state index contributed by atoms with van der Waals surface area (Å²) in [7, 11) is 0. The van der Waals surface area contributed by atoms with Gasteiger partial charge in [-0.05, 0) is 43.5 Å². The molecule has 0 radical (unpaired) electrons. The lowest BCUT2D eigenvalue weighted by atomic mass is 9.93. The van der Waals surface area contributed by atoms with Crippen molar-refractivity contribution < 1.29 is 4.79 Å². The minimum atomic E-state index is 0.131. The summed E-state index contributed by atoms with van der Waals surface area (Å²) in [5.74, 6) is 0.264. The van der Waals surface area contributed by atoms with Crippen molar-refractivity contribution in [3.8, 4) is 0 Å². The summed E-state index contributed by atoms with van der Waals surface area (Å²) in [5.41, 5.74) is 0.864. The Balaban J connectivity index is 1.96. The fraction of sp³-hybridized carbons (Fsp3) is 0.308. The van der Waals surface area contributed by atoms with Gasteiger partial charge in [-0.1, -0.05) is 28.1 Å². The van der Waals surface area contributed by atoms with Gasteiger partial charge >= 0.3 is 0 Å². The smallest absolute Gasteiger partial charge is 0.227 e. The van der Waals surface area contributed by atoms with Crippen LogP contribution in [0.4, 0.5) is 5.69 Å². The zero-order valence-corrected chi connectivity index (χ0v) is 10.5. The van der Waals surface area contributed by atoms with Crippen LogP contribution in [0.25, 0.3) is 0 Å². The molecule has 1 atom stereocenters. The highest BCUT2D eigenvalue weighted by atomic mass is 79.9. The first-order valence-corrected chi connectivity index (χ1v) is 6.26. The fourth-order valence-corrected chi connectivity index (χ4v) is 2.07. The summed E-state index contributed by atoms with van der Waals surface area (Å²) in [4.78, 5) is 11.9. The topological polar surface area (TPSA) is 29.1 Å². The number of allylic oxidation sites excluding steroid dienone is 2. The van der Waals surface area contributed by atoms with E-state index >= 15 is 0 Å². The van der Waals surface area contributed by atoms with E-state index in [2.05, 4.69) is 33.4 Å². The summed E-state index contributed by atoms with van der Waals surface area (Å²) in [5, 5.41) is 2.95. The van der Waals surface area contributed by atoms with Crippen molar-refractivity contribution in [1.82, 2.24) is 0 Å². The summed E-state index contributed by atoms with van der Waals surface area (Å²) >= 11 is 3.37. The van der Waals surface area contributed by atoms with E-state index in [-0.39, 0.29) is 11.8 Å². The maximum Gasteiger partial charge on any atom is 0.227 e. The van der Waals surface area contributed by atoms with Gasteiger partial charge in [-0.2, -0.15) is 0 Å². The van der Waals surface area contributed by atoms with E-state index in [0.717, 1.165) is 29.4 Å². The van der Waals surface area contributed by atoms with Crippen molar-refractivity contribution in [2.24, 2.45) is 5.92 Å². The van der Waals surface area contributed by atoms with Gasteiger partial charge in [0.25, 0.3) is 0 Å². The Bertz CT molecular complexity index is 397. The molecule has 0 fully saturated rings. The Kier molecular flexibility index (Phi) is 3.78. The largest absolute Gasteiger partial charge is 0.326 e. The Morgan fingerprint density at radius 1 is 1.25 bits per heavy atom. The van der Waals surface area contributed by atoms with E-state index in [0.29, 0.717) is 0 Å². The van der Waals surface area contributed by atoms with Gasteiger partial charge in [0.05, 0.1) is 0 Å². The van der Waals surface area contributed by atoms with Crippen molar-refractivity contribution in [3.05, 3.63) is 40.9 Å². The van der Waals surface area contributed by atoms with Crippen LogP contribution in [0.5, 0.6) is 0 Å². The molecule has 2 nitrogen and oxygen atoms in total. The minimum Gasteiger partial charge on any atom is -0.326 e. The SMILES string of the molecule is O=C(Nc1ccc(Br)cc1)C1CC=CCC1. The quantitative estimate of drug-likeness (QED) is 0.821. The summed E-state index contributed by atoms with van der Waals surface area (Å²) in [6.07, 6.45) is 7.07. The number of nitrogens with one attached hydrogen (secondary N) is 1. The van der Waals surface area contributed by atoms with E-state index in [1.54, 1.807) is 0 Å². The third kappa shape index (κ3) is 2.95. The lowest BCUT2D eigenvalue weighted by molar-refractivity contribution is -0.120. The molecular weight excluding hydrogens is 266 g/mol. The lowest BCUT2D eigenvalue weighted by Crippen LogP contribution is -2.23. The monoisotopic (exact) mass is 279 g/mol. The maximum atomic E-state index is 11.9. The van der Waals surface area contributed by atoms with E-state index < -0.39 is 0 Å². The number of halogens is 1. The molecule has 0 aliphatic heterocycles. The van der Waals surface area contributed by atoms with Crippen LogP contribution >= 0.6 is 15.9 Å². The van der Waals surface area contributed by atoms with Crippen molar-refractivity contribution in [2.45, 2.75) is 19.3 Å². The first-order chi connectivity index (χ1) is 7.75. The first-order valence-electron chi connectivity index (χ1n) is 5.47. The number of hydrogen-bond donors (Lipinski definition) is 1. The molecule has 84 valence electrons. The standard InChI is InChI=1S/C13H14BrNO/c14-11-6-8-12(9-7-11)15-13(16)10-4-2-1-3-5-10/h1-2,6-10H,3-5H2,(H,15,16). The van der Waals surface area contributed by atoms with Gasteiger partial charge in [-0.3, -0.25) is 4.79 Å². The molecule has 1 aromatic rings. The molecule has 1 aliphatic carbocycles. The summed E-state index contributed by atoms with van der Waals surface area (Å²) in [6.45, 7) is 0. The predicted octanol–water partition coefficient (Wildman–Crippen LogP) is 3.74. The molecule has 1 aliphatic rings. The number of benzene rings is 1. The van der Waals surface area contributed by atoms with Gasteiger partial charge < -0.3 is 5.32 Å². The highest BCUT2D eigenvalue weighted by Crippen LogP contribution is 2.21. The molecule has 0 saturated heterocycles. The third-order valence-corrected chi connectivity index (χ3v) is 3.28. The third-order valence-electron chi connectivity index (χ3n) is 2.75. The molecule has 1 N–H and O–H groups in total. The highest BCUT2D eigenvalue weighted by molar-refractivity contribution is 9.10. The highest BCUT2D eigenvalue weighted by Gasteiger charge is 2.18. The molecule has 3 heteroatoms. The van der Waals surface area contributed by atoms with Crippen molar-refractivity contribution >= 4 is 27.5 Å². The summed E-state index contributed by atoms with van der Waals surface area (Å²) < 4.78 is 1.02. The average molecular weight is 280 g/mol. The molecule has 0 heterocycles. The molecule has 1 unspecified atom stereocenters. The Labute approximate surface area is 104 Å². The first kappa shape index (κ1) is 11.4. The lowest BCUT2D eigenvalue weighted by Gasteiger charge is -2.17. The predicted molar refractivity (Wildman–Crippen MR) is 69.3 cm³/mol. The van der Waals surface area contributed by atoms with Crippen LogP contribution in [0.2, 0.25) is 0 Å². The van der Waals surface area contributed by atoms with Gasteiger partial charge in [0.1, 0.15) is 0 Å². The molecule has 0 spiro atoms. The Morgan fingerprint density at radius 2 is 2.00 bits per heavy atom.